The molecule has 0 aromatic rings. The number of nitrogens with zero attached hydrogens (tertiary/aromatic N) is 1. The minimum Gasteiger partial charge on any atom is -0.480 e. The van der Waals surface area contributed by atoms with Gasteiger partial charge in [0, 0.05) is 13.2 Å². The van der Waals surface area contributed by atoms with Crippen molar-refractivity contribution in [1.82, 2.24) is 4.90 Å². The molecule has 0 unspecified atom stereocenters. The zero-order valence-corrected chi connectivity index (χ0v) is 11.6. The molecule has 18 heavy (non-hydrogen) atoms. The molecule has 0 rings (SSSR count). The van der Waals surface area contributed by atoms with E-state index in [1.165, 1.54) is 7.11 Å². The van der Waals surface area contributed by atoms with E-state index in [0.717, 1.165) is 4.90 Å². The standard InChI is InChI=1S/C10H19NO6S/c1-8(2)11(6-10(13)14)9(12)7-18(15,16)5-4-17-3/h8H,4-7H2,1-3H3,(H,13,14). The number of ether oxygens (including phenoxy) is 1. The van der Waals surface area contributed by atoms with Crippen LogP contribution in [0.1, 0.15) is 13.8 Å². The van der Waals surface area contributed by atoms with Crippen LogP contribution in [-0.4, -0.2) is 68.1 Å². The molecule has 106 valence electrons. The van der Waals surface area contributed by atoms with Gasteiger partial charge in [0.2, 0.25) is 5.91 Å². The van der Waals surface area contributed by atoms with Crippen molar-refractivity contribution in [3.8, 4) is 0 Å². The van der Waals surface area contributed by atoms with Crippen LogP contribution in [0.5, 0.6) is 0 Å². The molecule has 0 saturated heterocycles. The molecule has 1 amide bonds. The fourth-order valence-electron chi connectivity index (χ4n) is 1.26. The number of hydrogen-bond acceptors (Lipinski definition) is 5. The van der Waals surface area contributed by atoms with E-state index in [2.05, 4.69) is 4.74 Å². The summed E-state index contributed by atoms with van der Waals surface area (Å²) in [5.41, 5.74) is 0. The van der Waals surface area contributed by atoms with E-state index in [-0.39, 0.29) is 18.4 Å². The summed E-state index contributed by atoms with van der Waals surface area (Å²) >= 11 is 0. The molecule has 0 atom stereocenters. The van der Waals surface area contributed by atoms with Gasteiger partial charge in [-0.1, -0.05) is 0 Å². The predicted octanol–water partition coefficient (Wildman–Crippen LogP) is -0.631. The Kier molecular flexibility index (Phi) is 6.85. The maximum Gasteiger partial charge on any atom is 0.323 e. The van der Waals surface area contributed by atoms with Crippen molar-refractivity contribution in [3.63, 3.8) is 0 Å². The smallest absolute Gasteiger partial charge is 0.323 e. The van der Waals surface area contributed by atoms with Crippen molar-refractivity contribution >= 4 is 21.7 Å². The summed E-state index contributed by atoms with van der Waals surface area (Å²) in [7, 11) is -2.20. The molecule has 7 nitrogen and oxygen atoms in total. The van der Waals surface area contributed by atoms with Gasteiger partial charge in [-0.3, -0.25) is 9.59 Å². The number of carboxylic acids is 1. The molecule has 0 spiro atoms. The van der Waals surface area contributed by atoms with Crippen molar-refractivity contribution in [1.29, 1.82) is 0 Å². The van der Waals surface area contributed by atoms with Gasteiger partial charge < -0.3 is 14.7 Å². The second kappa shape index (κ2) is 7.32. The van der Waals surface area contributed by atoms with Crippen molar-refractivity contribution in [3.05, 3.63) is 0 Å². The minimum atomic E-state index is -3.57. The SMILES string of the molecule is COCCS(=O)(=O)CC(=O)N(CC(=O)O)C(C)C. The molecule has 0 bridgehead atoms. The molecule has 0 aliphatic rings. The summed E-state index contributed by atoms with van der Waals surface area (Å²) in [6.45, 7) is 2.76. The van der Waals surface area contributed by atoms with E-state index < -0.39 is 34.0 Å². The largest absolute Gasteiger partial charge is 0.480 e. The number of carbonyl (C=O) groups is 2. The van der Waals surface area contributed by atoms with Gasteiger partial charge in [-0.2, -0.15) is 0 Å². The van der Waals surface area contributed by atoms with Gasteiger partial charge >= 0.3 is 5.97 Å². The van der Waals surface area contributed by atoms with E-state index in [1.807, 2.05) is 0 Å². The summed E-state index contributed by atoms with van der Waals surface area (Å²) in [4.78, 5) is 23.4. The number of aliphatic carboxylic acids is 1. The first-order chi connectivity index (χ1) is 8.19. The fraction of sp³-hybridized carbons (Fsp3) is 0.800. The molecular weight excluding hydrogens is 262 g/mol. The molecule has 0 aliphatic carbocycles. The summed E-state index contributed by atoms with van der Waals surface area (Å²) in [6.07, 6.45) is 0. The molecule has 0 aromatic heterocycles. The summed E-state index contributed by atoms with van der Waals surface area (Å²) in [6, 6.07) is -0.369. The zero-order valence-electron chi connectivity index (χ0n) is 10.7. The highest BCUT2D eigenvalue weighted by Gasteiger charge is 2.25. The molecule has 0 aromatic carbocycles. The van der Waals surface area contributed by atoms with Crippen molar-refractivity contribution in [2.75, 3.05) is 31.8 Å². The van der Waals surface area contributed by atoms with E-state index in [4.69, 9.17) is 5.11 Å². The topological polar surface area (TPSA) is 101 Å². The highest BCUT2D eigenvalue weighted by molar-refractivity contribution is 7.92. The van der Waals surface area contributed by atoms with Crippen LogP contribution < -0.4 is 0 Å². The summed E-state index contributed by atoms with van der Waals surface area (Å²) in [5.74, 6) is -2.83. The third-order valence-corrected chi connectivity index (χ3v) is 3.67. The van der Waals surface area contributed by atoms with Crippen LogP contribution in [0.15, 0.2) is 0 Å². The van der Waals surface area contributed by atoms with Crippen LogP contribution in [-0.2, 0) is 24.2 Å². The zero-order chi connectivity index (χ0) is 14.3. The van der Waals surface area contributed by atoms with E-state index >= 15 is 0 Å². The number of hydrogen-bond donors (Lipinski definition) is 1. The van der Waals surface area contributed by atoms with E-state index in [0.29, 0.717) is 0 Å². The molecule has 1 N–H and O–H groups in total. The Labute approximate surface area is 107 Å². The van der Waals surface area contributed by atoms with Crippen LogP contribution in [0.3, 0.4) is 0 Å². The highest BCUT2D eigenvalue weighted by atomic mass is 32.2. The molecule has 0 radical (unpaired) electrons. The number of rotatable bonds is 8. The number of carboxylic acid groups (broad SMARTS) is 1. The van der Waals surface area contributed by atoms with Gasteiger partial charge in [0.05, 0.1) is 12.4 Å². The number of amides is 1. The van der Waals surface area contributed by atoms with E-state index in [9.17, 15) is 18.0 Å². The van der Waals surface area contributed by atoms with Crippen LogP contribution in [0.4, 0.5) is 0 Å². The minimum absolute atomic E-state index is 0.0101. The number of methoxy groups -OCH3 is 1. The van der Waals surface area contributed by atoms with Crippen LogP contribution >= 0.6 is 0 Å². The van der Waals surface area contributed by atoms with Crippen LogP contribution in [0.2, 0.25) is 0 Å². The molecule has 0 aliphatic heterocycles. The fourth-order valence-corrected chi connectivity index (χ4v) is 2.36. The number of carbonyl (C=O) groups excluding carboxylic acids is 1. The molecule has 8 heteroatoms. The Hall–Kier alpha value is -1.15. The molecule has 0 fully saturated rings. The van der Waals surface area contributed by atoms with Gasteiger partial charge in [0.15, 0.2) is 9.84 Å². The lowest BCUT2D eigenvalue weighted by Gasteiger charge is -2.24. The normalized spacial score (nSPS) is 11.6. The highest BCUT2D eigenvalue weighted by Crippen LogP contribution is 2.02. The lowest BCUT2D eigenvalue weighted by molar-refractivity contribution is -0.144. The summed E-state index contributed by atoms with van der Waals surface area (Å²) in [5, 5.41) is 8.66. The second-order valence-corrected chi connectivity index (χ2v) is 6.28. The van der Waals surface area contributed by atoms with Gasteiger partial charge in [-0.25, -0.2) is 8.42 Å². The van der Waals surface area contributed by atoms with Gasteiger partial charge in [-0.15, -0.1) is 0 Å². The third-order valence-electron chi connectivity index (χ3n) is 2.19. The predicted molar refractivity (Wildman–Crippen MR) is 65.0 cm³/mol. The monoisotopic (exact) mass is 281 g/mol. The lowest BCUT2D eigenvalue weighted by atomic mass is 10.3. The maximum atomic E-state index is 11.7. The van der Waals surface area contributed by atoms with Crippen molar-refractivity contribution < 1.29 is 27.9 Å². The first kappa shape index (κ1) is 16.9. The molecular formula is C10H19NO6S. The first-order valence-corrected chi connectivity index (χ1v) is 7.22. The van der Waals surface area contributed by atoms with Crippen LogP contribution in [0, 0.1) is 0 Å². The maximum absolute atomic E-state index is 11.7. The Morgan fingerprint density at radius 1 is 1.33 bits per heavy atom. The third kappa shape index (κ3) is 6.55. The quantitative estimate of drug-likeness (QED) is 0.635. The average Bonchev–Trinajstić information content (AvgIpc) is 2.21. The Morgan fingerprint density at radius 3 is 2.28 bits per heavy atom. The van der Waals surface area contributed by atoms with Gasteiger partial charge in [0.25, 0.3) is 0 Å². The molecule has 0 heterocycles. The Morgan fingerprint density at radius 2 is 1.89 bits per heavy atom. The van der Waals surface area contributed by atoms with Crippen molar-refractivity contribution in [2.45, 2.75) is 19.9 Å². The first-order valence-electron chi connectivity index (χ1n) is 5.40. The van der Waals surface area contributed by atoms with Gasteiger partial charge in [-0.05, 0) is 13.8 Å². The number of sulfone groups is 1. The van der Waals surface area contributed by atoms with Crippen molar-refractivity contribution in [2.24, 2.45) is 0 Å². The van der Waals surface area contributed by atoms with Gasteiger partial charge in [0.1, 0.15) is 12.3 Å². The van der Waals surface area contributed by atoms with E-state index in [1.54, 1.807) is 13.8 Å². The second-order valence-electron chi connectivity index (χ2n) is 4.09. The average molecular weight is 281 g/mol. The molecule has 0 saturated carbocycles. The van der Waals surface area contributed by atoms with Crippen LogP contribution in [0.25, 0.3) is 0 Å². The lowest BCUT2D eigenvalue weighted by Crippen LogP contribution is -2.44. The summed E-state index contributed by atoms with van der Waals surface area (Å²) < 4.78 is 27.7. The Bertz CT molecular complexity index is 389. The Balaban J connectivity index is 4.65.